The van der Waals surface area contributed by atoms with Crippen molar-refractivity contribution in [1.82, 2.24) is 24.9 Å². The summed E-state index contributed by atoms with van der Waals surface area (Å²) in [6.07, 6.45) is 0. The fraction of sp³-hybridized carbons (Fsp3) is 0.0488. The Hall–Kier alpha value is -6.27. The lowest BCUT2D eigenvalue weighted by atomic mass is 9.95. The number of rotatable bonds is 6. The molecule has 0 unspecified atom stereocenters. The molecule has 47 heavy (non-hydrogen) atoms. The van der Waals surface area contributed by atoms with Crippen molar-refractivity contribution in [3.63, 3.8) is 0 Å². The Morgan fingerprint density at radius 2 is 0.957 bits per heavy atom. The summed E-state index contributed by atoms with van der Waals surface area (Å²) >= 11 is 0. The van der Waals surface area contributed by atoms with Gasteiger partial charge in [0.15, 0.2) is 23.1 Å². The fourth-order valence-corrected chi connectivity index (χ4v) is 5.82. The van der Waals surface area contributed by atoms with Crippen molar-refractivity contribution in [1.29, 1.82) is 0 Å². The average Bonchev–Trinajstić information content (AvgIpc) is 3.56. The minimum Gasteiger partial charge on any atom is -0.436 e. The lowest BCUT2D eigenvalue weighted by Crippen LogP contribution is -2.00. The molecule has 3 aromatic heterocycles. The molecule has 0 fully saturated rings. The van der Waals surface area contributed by atoms with Gasteiger partial charge in [0.05, 0.1) is 0 Å². The Morgan fingerprint density at radius 1 is 0.404 bits per heavy atom. The molecule has 8 rings (SSSR count). The van der Waals surface area contributed by atoms with Crippen molar-refractivity contribution in [3.8, 4) is 67.9 Å². The van der Waals surface area contributed by atoms with Gasteiger partial charge in [-0.25, -0.2) is 19.9 Å². The third kappa shape index (κ3) is 5.69. The van der Waals surface area contributed by atoms with Crippen LogP contribution in [-0.2, 0) is 0 Å². The average molecular weight is 608 g/mol. The second-order valence-electron chi connectivity index (χ2n) is 11.5. The number of oxazole rings is 1. The van der Waals surface area contributed by atoms with E-state index in [1.807, 2.05) is 117 Å². The zero-order valence-corrected chi connectivity index (χ0v) is 25.9. The van der Waals surface area contributed by atoms with E-state index < -0.39 is 0 Å². The summed E-state index contributed by atoms with van der Waals surface area (Å²) in [7, 11) is 0. The molecule has 0 saturated heterocycles. The van der Waals surface area contributed by atoms with Gasteiger partial charge in [-0.3, -0.25) is 4.98 Å². The van der Waals surface area contributed by atoms with Crippen LogP contribution in [0.15, 0.2) is 144 Å². The van der Waals surface area contributed by atoms with Crippen LogP contribution in [0.25, 0.3) is 79.0 Å². The van der Waals surface area contributed by atoms with Crippen LogP contribution in [0, 0.1) is 13.8 Å². The lowest BCUT2D eigenvalue weighted by Gasteiger charge is -2.13. The molecule has 0 aliphatic carbocycles. The Morgan fingerprint density at radius 3 is 1.57 bits per heavy atom. The number of hydrogen-bond acceptors (Lipinski definition) is 6. The van der Waals surface area contributed by atoms with Crippen molar-refractivity contribution in [3.05, 3.63) is 151 Å². The topological polar surface area (TPSA) is 77.6 Å². The van der Waals surface area contributed by atoms with E-state index in [0.29, 0.717) is 23.4 Å². The van der Waals surface area contributed by atoms with Gasteiger partial charge in [0, 0.05) is 39.2 Å². The van der Waals surface area contributed by atoms with Crippen LogP contribution in [0.2, 0.25) is 0 Å². The van der Waals surface area contributed by atoms with E-state index in [1.54, 1.807) is 0 Å². The maximum Gasteiger partial charge on any atom is 0.227 e. The molecular weight excluding hydrogens is 578 g/mol. The highest BCUT2D eigenvalue weighted by atomic mass is 16.3. The smallest absolute Gasteiger partial charge is 0.227 e. The Labute approximate surface area is 272 Å². The Balaban J connectivity index is 1.32. The molecule has 0 radical (unpaired) electrons. The lowest BCUT2D eigenvalue weighted by molar-refractivity contribution is 0.620. The highest BCUT2D eigenvalue weighted by Gasteiger charge is 2.17. The van der Waals surface area contributed by atoms with Gasteiger partial charge in [0.25, 0.3) is 0 Å². The molecule has 0 saturated carbocycles. The van der Waals surface area contributed by atoms with E-state index in [-0.39, 0.29) is 0 Å². The second kappa shape index (κ2) is 11.9. The summed E-state index contributed by atoms with van der Waals surface area (Å²) in [6.45, 7) is 4.06. The van der Waals surface area contributed by atoms with Gasteiger partial charge >= 0.3 is 0 Å². The maximum absolute atomic E-state index is 6.12. The standard InChI is InChI=1S/C41H29N5O/c1-26-18-20-35(27(2)42-26)33-22-32(31-19-21-37-36(25-31)43-41(47-37)30-16-10-5-11-17-30)23-34(24-33)40-45-38(28-12-6-3-7-13-28)44-39(46-40)29-14-8-4-9-15-29/h3-25H,1-2H3. The highest BCUT2D eigenvalue weighted by Crippen LogP contribution is 2.36. The number of fused-ring (bicyclic) bond motifs is 1. The molecular formula is C41H29N5O. The van der Waals surface area contributed by atoms with Gasteiger partial charge in [0.1, 0.15) is 5.52 Å². The minimum absolute atomic E-state index is 0.590. The first-order chi connectivity index (χ1) is 23.1. The van der Waals surface area contributed by atoms with E-state index in [9.17, 15) is 0 Å². The van der Waals surface area contributed by atoms with Gasteiger partial charge in [-0.15, -0.1) is 0 Å². The Bertz CT molecular complexity index is 2310. The third-order valence-corrected chi connectivity index (χ3v) is 8.17. The molecule has 0 aliphatic rings. The monoisotopic (exact) mass is 607 g/mol. The first kappa shape index (κ1) is 28.2. The van der Waals surface area contributed by atoms with Gasteiger partial charge in [-0.05, 0) is 79.1 Å². The molecule has 3 heterocycles. The number of aryl methyl sites for hydroxylation is 2. The SMILES string of the molecule is Cc1ccc(-c2cc(-c3ccc4oc(-c5ccccc5)nc4c3)cc(-c3nc(-c4ccccc4)nc(-c4ccccc4)n3)c2)c(C)n1. The van der Waals surface area contributed by atoms with Crippen LogP contribution in [0.3, 0.4) is 0 Å². The minimum atomic E-state index is 0.590. The molecule has 224 valence electrons. The molecule has 0 bridgehead atoms. The van der Waals surface area contributed by atoms with Gasteiger partial charge in [-0.2, -0.15) is 0 Å². The molecule has 0 N–H and O–H groups in total. The molecule has 8 aromatic rings. The fourth-order valence-electron chi connectivity index (χ4n) is 5.82. The van der Waals surface area contributed by atoms with Crippen LogP contribution < -0.4 is 0 Å². The molecule has 0 amide bonds. The van der Waals surface area contributed by atoms with Crippen LogP contribution in [-0.4, -0.2) is 24.9 Å². The van der Waals surface area contributed by atoms with Crippen molar-refractivity contribution in [2.45, 2.75) is 13.8 Å². The van der Waals surface area contributed by atoms with Crippen molar-refractivity contribution in [2.24, 2.45) is 0 Å². The molecule has 0 spiro atoms. The quantitative estimate of drug-likeness (QED) is 0.187. The van der Waals surface area contributed by atoms with Crippen molar-refractivity contribution in [2.75, 3.05) is 0 Å². The summed E-state index contributed by atoms with van der Waals surface area (Å²) in [5, 5.41) is 0. The summed E-state index contributed by atoms with van der Waals surface area (Å²) in [6, 6.07) is 46.8. The molecule has 6 heteroatoms. The predicted octanol–water partition coefficient (Wildman–Crippen LogP) is 10.0. The maximum atomic E-state index is 6.12. The molecule has 6 nitrogen and oxygen atoms in total. The van der Waals surface area contributed by atoms with Gasteiger partial charge in [0.2, 0.25) is 5.89 Å². The molecule has 0 atom stereocenters. The van der Waals surface area contributed by atoms with Crippen LogP contribution in [0.4, 0.5) is 0 Å². The number of pyridine rings is 1. The third-order valence-electron chi connectivity index (χ3n) is 8.17. The number of benzene rings is 5. The van der Waals surface area contributed by atoms with E-state index in [1.165, 1.54) is 0 Å². The predicted molar refractivity (Wildman–Crippen MR) is 187 cm³/mol. The van der Waals surface area contributed by atoms with Crippen molar-refractivity contribution < 1.29 is 4.42 Å². The summed E-state index contributed by atoms with van der Waals surface area (Å²) in [5.74, 6) is 2.42. The first-order valence-electron chi connectivity index (χ1n) is 15.5. The largest absolute Gasteiger partial charge is 0.436 e. The number of nitrogens with zero attached hydrogens (tertiary/aromatic N) is 5. The van der Waals surface area contributed by atoms with Gasteiger partial charge < -0.3 is 4.42 Å². The number of aromatic nitrogens is 5. The molecule has 5 aromatic carbocycles. The van der Waals surface area contributed by atoms with Crippen molar-refractivity contribution >= 4 is 11.1 Å². The van der Waals surface area contributed by atoms with Crippen LogP contribution in [0.1, 0.15) is 11.4 Å². The zero-order chi connectivity index (χ0) is 31.7. The summed E-state index contributed by atoms with van der Waals surface area (Å²) < 4.78 is 6.12. The van der Waals surface area contributed by atoms with Crippen LogP contribution in [0.5, 0.6) is 0 Å². The summed E-state index contributed by atoms with van der Waals surface area (Å²) in [5.41, 5.74) is 11.2. The van der Waals surface area contributed by atoms with Crippen LogP contribution >= 0.6 is 0 Å². The van der Waals surface area contributed by atoms with E-state index in [4.69, 9.17) is 29.3 Å². The van der Waals surface area contributed by atoms with E-state index in [2.05, 4.69) is 36.4 Å². The van der Waals surface area contributed by atoms with E-state index >= 15 is 0 Å². The highest BCUT2D eigenvalue weighted by molar-refractivity contribution is 5.86. The normalized spacial score (nSPS) is 11.2. The zero-order valence-electron chi connectivity index (χ0n) is 25.9. The molecule has 0 aliphatic heterocycles. The first-order valence-corrected chi connectivity index (χ1v) is 15.5. The second-order valence-corrected chi connectivity index (χ2v) is 11.5. The number of hydrogen-bond donors (Lipinski definition) is 0. The Kier molecular flexibility index (Phi) is 7.15. The van der Waals surface area contributed by atoms with E-state index in [0.717, 1.165) is 67.0 Å². The summed E-state index contributed by atoms with van der Waals surface area (Å²) in [4.78, 5) is 24.6. The van der Waals surface area contributed by atoms with Gasteiger partial charge in [-0.1, -0.05) is 91.0 Å².